The number of alkyl carbamates (subject to hydrolysis) is 1. The van der Waals surface area contributed by atoms with Crippen LogP contribution in [-0.4, -0.2) is 30.7 Å². The molecule has 6 nitrogen and oxygen atoms in total. The molecular formula is C14H20N4O2. The quantitative estimate of drug-likeness (QED) is 0.780. The van der Waals surface area contributed by atoms with Crippen LogP contribution in [0, 0.1) is 0 Å². The van der Waals surface area contributed by atoms with E-state index in [9.17, 15) is 4.79 Å². The van der Waals surface area contributed by atoms with Crippen molar-refractivity contribution in [2.24, 2.45) is 10.7 Å². The largest absolute Gasteiger partial charge is 0.450 e. The third-order valence-electron chi connectivity index (χ3n) is 3.18. The SMILES string of the molecule is CCOC(=O)NC(CC)C1N=C(N)c2ccccc2N1. The van der Waals surface area contributed by atoms with Crippen molar-refractivity contribution < 1.29 is 9.53 Å². The highest BCUT2D eigenvalue weighted by atomic mass is 16.5. The van der Waals surface area contributed by atoms with Crippen LogP contribution < -0.4 is 16.4 Å². The van der Waals surface area contributed by atoms with Crippen molar-refractivity contribution in [1.82, 2.24) is 5.32 Å². The van der Waals surface area contributed by atoms with Crippen molar-refractivity contribution in [3.05, 3.63) is 29.8 Å². The summed E-state index contributed by atoms with van der Waals surface area (Å²) < 4.78 is 4.90. The molecule has 2 unspecified atom stereocenters. The minimum Gasteiger partial charge on any atom is -0.450 e. The van der Waals surface area contributed by atoms with E-state index in [0.29, 0.717) is 12.4 Å². The van der Waals surface area contributed by atoms with Crippen LogP contribution in [0.1, 0.15) is 25.8 Å². The number of para-hydroxylation sites is 1. The Morgan fingerprint density at radius 3 is 2.95 bits per heavy atom. The van der Waals surface area contributed by atoms with Crippen molar-refractivity contribution in [2.45, 2.75) is 32.5 Å². The number of amidine groups is 1. The fraction of sp³-hybridized carbons (Fsp3) is 0.429. The van der Waals surface area contributed by atoms with Crippen LogP contribution in [-0.2, 0) is 4.74 Å². The van der Waals surface area contributed by atoms with E-state index < -0.39 is 6.09 Å². The van der Waals surface area contributed by atoms with E-state index in [0.717, 1.165) is 17.7 Å². The Labute approximate surface area is 118 Å². The normalized spacial score (nSPS) is 18.3. The zero-order valence-corrected chi connectivity index (χ0v) is 11.7. The molecule has 0 saturated heterocycles. The van der Waals surface area contributed by atoms with Crippen LogP contribution in [0.15, 0.2) is 29.3 Å². The number of ether oxygens (including phenoxy) is 1. The van der Waals surface area contributed by atoms with Gasteiger partial charge in [-0.05, 0) is 25.5 Å². The number of benzene rings is 1. The second-order valence-corrected chi connectivity index (χ2v) is 4.53. The van der Waals surface area contributed by atoms with Gasteiger partial charge in [-0.25, -0.2) is 9.79 Å². The highest BCUT2D eigenvalue weighted by molar-refractivity contribution is 6.03. The predicted octanol–water partition coefficient (Wildman–Crippen LogP) is 1.67. The number of carbonyl (C=O) groups excluding carboxylic acids is 1. The van der Waals surface area contributed by atoms with Crippen molar-refractivity contribution in [3.63, 3.8) is 0 Å². The molecule has 0 aromatic heterocycles. The monoisotopic (exact) mass is 276 g/mol. The molecule has 2 atom stereocenters. The fourth-order valence-electron chi connectivity index (χ4n) is 2.16. The molecule has 1 aromatic rings. The van der Waals surface area contributed by atoms with Gasteiger partial charge >= 0.3 is 6.09 Å². The molecule has 1 aliphatic heterocycles. The van der Waals surface area contributed by atoms with Gasteiger partial charge in [-0.1, -0.05) is 19.1 Å². The van der Waals surface area contributed by atoms with Gasteiger partial charge in [0.05, 0.1) is 12.6 Å². The standard InChI is InChI=1S/C14H20N4O2/c1-3-10(17-14(19)20-4-2)13-16-11-8-6-5-7-9(11)12(15)18-13/h5-8,10,13,16H,3-4H2,1-2H3,(H2,15,18)(H,17,19). The predicted molar refractivity (Wildman–Crippen MR) is 78.8 cm³/mol. The zero-order valence-electron chi connectivity index (χ0n) is 11.7. The van der Waals surface area contributed by atoms with E-state index in [4.69, 9.17) is 10.5 Å². The van der Waals surface area contributed by atoms with Gasteiger partial charge in [0.2, 0.25) is 0 Å². The van der Waals surface area contributed by atoms with Crippen LogP contribution in [0.3, 0.4) is 0 Å². The zero-order chi connectivity index (χ0) is 14.5. The van der Waals surface area contributed by atoms with E-state index in [1.165, 1.54) is 0 Å². The van der Waals surface area contributed by atoms with E-state index in [1.807, 2.05) is 31.2 Å². The average Bonchev–Trinajstić information content (AvgIpc) is 2.45. The first-order chi connectivity index (χ1) is 9.65. The number of nitrogens with zero attached hydrogens (tertiary/aromatic N) is 1. The van der Waals surface area contributed by atoms with E-state index in [2.05, 4.69) is 15.6 Å². The van der Waals surface area contributed by atoms with Gasteiger partial charge < -0.3 is 21.1 Å². The summed E-state index contributed by atoms with van der Waals surface area (Å²) in [6.45, 7) is 4.09. The lowest BCUT2D eigenvalue weighted by atomic mass is 10.1. The molecule has 6 heteroatoms. The van der Waals surface area contributed by atoms with Gasteiger partial charge in [0.25, 0.3) is 0 Å². The molecule has 1 aromatic carbocycles. The third kappa shape index (κ3) is 3.01. The maximum atomic E-state index is 11.5. The van der Waals surface area contributed by atoms with Crippen LogP contribution in [0.4, 0.5) is 10.5 Å². The molecule has 0 fully saturated rings. The Bertz CT molecular complexity index is 516. The molecule has 108 valence electrons. The number of rotatable bonds is 4. The summed E-state index contributed by atoms with van der Waals surface area (Å²) >= 11 is 0. The minimum absolute atomic E-state index is 0.180. The molecule has 20 heavy (non-hydrogen) atoms. The first-order valence-corrected chi connectivity index (χ1v) is 6.78. The summed E-state index contributed by atoms with van der Waals surface area (Å²) in [6.07, 6.45) is -0.0109. The number of amides is 1. The Morgan fingerprint density at radius 1 is 1.50 bits per heavy atom. The van der Waals surface area contributed by atoms with Crippen molar-refractivity contribution in [2.75, 3.05) is 11.9 Å². The Kier molecular flexibility index (Phi) is 4.45. The molecule has 0 bridgehead atoms. The molecule has 2 rings (SSSR count). The molecule has 1 heterocycles. The number of aliphatic imine (C=N–C) groups is 1. The number of nitrogens with one attached hydrogen (secondary N) is 2. The maximum absolute atomic E-state index is 11.5. The number of fused-ring (bicyclic) bond motifs is 1. The van der Waals surface area contributed by atoms with Crippen LogP contribution >= 0.6 is 0 Å². The number of nitrogens with two attached hydrogens (primary N) is 1. The first-order valence-electron chi connectivity index (χ1n) is 6.78. The average molecular weight is 276 g/mol. The molecule has 1 amide bonds. The fourth-order valence-corrected chi connectivity index (χ4v) is 2.16. The van der Waals surface area contributed by atoms with Crippen molar-refractivity contribution in [1.29, 1.82) is 0 Å². The highest BCUT2D eigenvalue weighted by Gasteiger charge is 2.26. The number of hydrogen-bond acceptors (Lipinski definition) is 5. The lowest BCUT2D eigenvalue weighted by Gasteiger charge is -2.30. The highest BCUT2D eigenvalue weighted by Crippen LogP contribution is 2.22. The van der Waals surface area contributed by atoms with Gasteiger partial charge in [0, 0.05) is 11.3 Å². The van der Waals surface area contributed by atoms with Crippen molar-refractivity contribution >= 4 is 17.6 Å². The van der Waals surface area contributed by atoms with Gasteiger partial charge in [-0.15, -0.1) is 0 Å². The molecule has 0 saturated carbocycles. The summed E-state index contributed by atoms with van der Waals surface area (Å²) in [7, 11) is 0. The second kappa shape index (κ2) is 6.27. The Hall–Kier alpha value is -2.24. The summed E-state index contributed by atoms with van der Waals surface area (Å²) in [5.41, 5.74) is 7.79. The molecular weight excluding hydrogens is 256 g/mol. The maximum Gasteiger partial charge on any atom is 0.407 e. The summed E-state index contributed by atoms with van der Waals surface area (Å²) in [5, 5.41) is 6.09. The summed E-state index contributed by atoms with van der Waals surface area (Å²) in [4.78, 5) is 16.0. The molecule has 0 radical (unpaired) electrons. The van der Waals surface area contributed by atoms with E-state index >= 15 is 0 Å². The molecule has 1 aliphatic rings. The van der Waals surface area contributed by atoms with Crippen molar-refractivity contribution in [3.8, 4) is 0 Å². The van der Waals surface area contributed by atoms with Crippen LogP contribution in [0.5, 0.6) is 0 Å². The van der Waals surface area contributed by atoms with Gasteiger partial charge in [0.1, 0.15) is 12.0 Å². The minimum atomic E-state index is -0.436. The molecule has 4 N–H and O–H groups in total. The van der Waals surface area contributed by atoms with E-state index in [1.54, 1.807) is 6.92 Å². The number of hydrogen-bond donors (Lipinski definition) is 3. The summed E-state index contributed by atoms with van der Waals surface area (Å²) in [6, 6.07) is 7.53. The van der Waals surface area contributed by atoms with Crippen LogP contribution in [0.2, 0.25) is 0 Å². The van der Waals surface area contributed by atoms with Gasteiger partial charge in [-0.2, -0.15) is 0 Å². The first kappa shape index (κ1) is 14.2. The Morgan fingerprint density at radius 2 is 2.25 bits per heavy atom. The number of anilines is 1. The second-order valence-electron chi connectivity index (χ2n) is 4.53. The summed E-state index contributed by atoms with van der Waals surface area (Å²) in [5.74, 6) is 0.480. The van der Waals surface area contributed by atoms with Gasteiger partial charge in [-0.3, -0.25) is 0 Å². The van der Waals surface area contributed by atoms with E-state index in [-0.39, 0.29) is 12.2 Å². The van der Waals surface area contributed by atoms with Gasteiger partial charge in [0.15, 0.2) is 0 Å². The smallest absolute Gasteiger partial charge is 0.407 e. The Balaban J connectivity index is 2.13. The van der Waals surface area contributed by atoms with Crippen LogP contribution in [0.25, 0.3) is 0 Å². The number of carbonyl (C=O) groups is 1. The lowest BCUT2D eigenvalue weighted by Crippen LogP contribution is -2.48. The molecule has 0 spiro atoms. The topological polar surface area (TPSA) is 88.7 Å². The third-order valence-corrected chi connectivity index (χ3v) is 3.18. The lowest BCUT2D eigenvalue weighted by molar-refractivity contribution is 0.146. The molecule has 0 aliphatic carbocycles.